The molecule has 1 aliphatic carbocycles. The van der Waals surface area contributed by atoms with E-state index in [2.05, 4.69) is 5.32 Å². The van der Waals surface area contributed by atoms with E-state index in [0.717, 1.165) is 22.3 Å². The first kappa shape index (κ1) is 25.1. The average Bonchev–Trinajstić information content (AvgIpc) is 3.09. The van der Waals surface area contributed by atoms with Gasteiger partial charge in [-0.15, -0.1) is 0 Å². The number of hydrogen-bond donors (Lipinski definition) is 2. The van der Waals surface area contributed by atoms with Crippen LogP contribution in [0.2, 0.25) is 0 Å². The first-order valence-electron chi connectivity index (χ1n) is 10.8. The molecule has 0 radical (unpaired) electrons. The van der Waals surface area contributed by atoms with Crippen LogP contribution in [0.4, 0.5) is 18.0 Å². The van der Waals surface area contributed by atoms with Gasteiger partial charge in [-0.05, 0) is 28.7 Å². The number of nitrogens with zero attached hydrogens (tertiary/aromatic N) is 1. The number of alkyl carbamates (subject to hydrolysis) is 1. The lowest BCUT2D eigenvalue weighted by molar-refractivity contribution is -0.166. The molecular formula is C24H25F3N2O5. The normalized spacial score (nSPS) is 13.5. The molecule has 1 atom stereocenters. The fourth-order valence-electron chi connectivity index (χ4n) is 4.06. The van der Waals surface area contributed by atoms with Crippen molar-refractivity contribution in [3.63, 3.8) is 0 Å². The molecule has 10 heteroatoms. The molecule has 0 bridgehead atoms. The molecule has 2 aromatic carbocycles. The lowest BCUT2D eigenvalue weighted by atomic mass is 9.98. The van der Waals surface area contributed by atoms with Crippen LogP contribution in [-0.4, -0.2) is 59.9 Å². The van der Waals surface area contributed by atoms with Gasteiger partial charge in [0.05, 0.1) is 0 Å². The van der Waals surface area contributed by atoms with Crippen molar-refractivity contribution in [3.05, 3.63) is 59.7 Å². The quantitative estimate of drug-likeness (QED) is 0.564. The summed E-state index contributed by atoms with van der Waals surface area (Å²) < 4.78 is 43.6. The van der Waals surface area contributed by atoms with Gasteiger partial charge in [0.25, 0.3) is 0 Å². The topological polar surface area (TPSA) is 95.9 Å². The minimum atomic E-state index is -4.74. The second kappa shape index (κ2) is 10.6. The van der Waals surface area contributed by atoms with Crippen LogP contribution >= 0.6 is 0 Å². The molecule has 0 aliphatic heterocycles. The Labute approximate surface area is 194 Å². The minimum absolute atomic E-state index is 0.0451. The van der Waals surface area contributed by atoms with Crippen molar-refractivity contribution in [3.8, 4) is 11.1 Å². The molecule has 3 rings (SSSR count). The summed E-state index contributed by atoms with van der Waals surface area (Å²) in [5.41, 5.74) is 4.17. The number of benzene rings is 2. The molecule has 2 N–H and O–H groups in total. The predicted molar refractivity (Wildman–Crippen MR) is 117 cm³/mol. The zero-order valence-electron chi connectivity index (χ0n) is 18.5. The fourth-order valence-corrected chi connectivity index (χ4v) is 4.06. The van der Waals surface area contributed by atoms with E-state index in [1.165, 1.54) is 0 Å². The third-order valence-corrected chi connectivity index (χ3v) is 5.63. The number of ether oxygens (including phenoxy) is 1. The van der Waals surface area contributed by atoms with Crippen LogP contribution in [0, 0.1) is 0 Å². The number of alkyl halides is 3. The molecule has 7 nitrogen and oxygen atoms in total. The summed E-state index contributed by atoms with van der Waals surface area (Å²) in [6.45, 7) is -1.07. The maximum absolute atomic E-state index is 12.7. The highest BCUT2D eigenvalue weighted by Gasteiger charge is 2.35. The zero-order chi connectivity index (χ0) is 24.9. The molecule has 34 heavy (non-hydrogen) atoms. The standard InChI is InChI=1S/C24H25F3N2O5/c1-2-15(11-21(30)29(12-22(31)32)14-24(25,26)27)28-23(33)34-13-20-18-9-5-3-7-16(18)17-8-4-6-10-19(17)20/h3-10,15,20H,2,11-14H2,1H3,(H,28,33)(H,31,32). The van der Waals surface area contributed by atoms with Gasteiger partial charge in [0, 0.05) is 18.4 Å². The number of aliphatic carboxylic acids is 1. The maximum Gasteiger partial charge on any atom is 0.407 e. The molecule has 2 aromatic rings. The van der Waals surface area contributed by atoms with E-state index in [0.29, 0.717) is 0 Å². The van der Waals surface area contributed by atoms with E-state index in [-0.39, 0.29) is 23.8 Å². The van der Waals surface area contributed by atoms with Gasteiger partial charge in [-0.25, -0.2) is 4.79 Å². The van der Waals surface area contributed by atoms with E-state index in [4.69, 9.17) is 9.84 Å². The molecule has 1 aliphatic rings. The minimum Gasteiger partial charge on any atom is -0.480 e. The highest BCUT2D eigenvalue weighted by atomic mass is 19.4. The molecule has 0 heterocycles. The van der Waals surface area contributed by atoms with E-state index in [1.54, 1.807) is 6.92 Å². The third kappa shape index (κ3) is 6.27. The SMILES string of the molecule is CCC(CC(=O)N(CC(=O)O)CC(F)(F)F)NC(=O)OCC1c2ccccc2-c2ccccc21. The van der Waals surface area contributed by atoms with Crippen molar-refractivity contribution in [1.82, 2.24) is 10.2 Å². The van der Waals surface area contributed by atoms with Crippen molar-refractivity contribution < 1.29 is 37.4 Å². The lowest BCUT2D eigenvalue weighted by Crippen LogP contribution is -2.45. The zero-order valence-corrected chi connectivity index (χ0v) is 18.5. The van der Waals surface area contributed by atoms with Crippen LogP contribution in [0.25, 0.3) is 11.1 Å². The van der Waals surface area contributed by atoms with E-state index < -0.39 is 49.7 Å². The average molecular weight is 478 g/mol. The molecule has 0 spiro atoms. The summed E-state index contributed by atoms with van der Waals surface area (Å²) in [7, 11) is 0. The Morgan fingerprint density at radius 3 is 2.12 bits per heavy atom. The molecule has 182 valence electrons. The van der Waals surface area contributed by atoms with Gasteiger partial charge in [0.1, 0.15) is 19.7 Å². The number of carboxylic acids is 1. The molecule has 0 aromatic heterocycles. The summed E-state index contributed by atoms with van der Waals surface area (Å²) in [4.78, 5) is 35.8. The van der Waals surface area contributed by atoms with E-state index >= 15 is 0 Å². The Morgan fingerprint density at radius 1 is 1.06 bits per heavy atom. The van der Waals surface area contributed by atoms with Gasteiger partial charge in [-0.1, -0.05) is 55.5 Å². The Bertz CT molecular complexity index is 1010. The third-order valence-electron chi connectivity index (χ3n) is 5.63. The summed E-state index contributed by atoms with van der Waals surface area (Å²) in [6, 6.07) is 14.8. The highest BCUT2D eigenvalue weighted by molar-refractivity contribution is 5.82. The number of carboxylic acid groups (broad SMARTS) is 1. The van der Waals surface area contributed by atoms with Gasteiger partial charge in [0.2, 0.25) is 5.91 Å². The second-order valence-electron chi connectivity index (χ2n) is 8.04. The molecule has 2 amide bonds. The van der Waals surface area contributed by atoms with E-state index in [9.17, 15) is 27.6 Å². The predicted octanol–water partition coefficient (Wildman–Crippen LogP) is 4.17. The Balaban J connectivity index is 1.60. The van der Waals surface area contributed by atoms with Crippen LogP contribution in [0.1, 0.15) is 36.8 Å². The van der Waals surface area contributed by atoms with Crippen molar-refractivity contribution >= 4 is 18.0 Å². The monoisotopic (exact) mass is 478 g/mol. The van der Waals surface area contributed by atoms with Crippen molar-refractivity contribution in [2.45, 2.75) is 37.9 Å². The number of nitrogens with one attached hydrogen (secondary N) is 1. The molecule has 0 fully saturated rings. The number of amides is 2. The van der Waals surface area contributed by atoms with Crippen LogP contribution in [0.15, 0.2) is 48.5 Å². The van der Waals surface area contributed by atoms with Gasteiger partial charge in [-0.2, -0.15) is 13.2 Å². The second-order valence-corrected chi connectivity index (χ2v) is 8.04. The van der Waals surface area contributed by atoms with Crippen LogP contribution < -0.4 is 5.32 Å². The van der Waals surface area contributed by atoms with Crippen LogP contribution in [0.5, 0.6) is 0 Å². The Hall–Kier alpha value is -3.56. The number of rotatable bonds is 9. The summed E-state index contributed by atoms with van der Waals surface area (Å²) >= 11 is 0. The first-order valence-corrected chi connectivity index (χ1v) is 10.8. The van der Waals surface area contributed by atoms with Gasteiger partial charge in [-0.3, -0.25) is 9.59 Å². The van der Waals surface area contributed by atoms with Crippen molar-refractivity contribution in [2.24, 2.45) is 0 Å². The van der Waals surface area contributed by atoms with Crippen LogP contribution in [0.3, 0.4) is 0 Å². The largest absolute Gasteiger partial charge is 0.480 e. The highest BCUT2D eigenvalue weighted by Crippen LogP contribution is 2.44. The number of carbonyl (C=O) groups is 3. The van der Waals surface area contributed by atoms with E-state index in [1.807, 2.05) is 48.5 Å². The number of halogens is 3. The number of hydrogen-bond acceptors (Lipinski definition) is 4. The smallest absolute Gasteiger partial charge is 0.407 e. The summed E-state index contributed by atoms with van der Waals surface area (Å²) in [5.74, 6) is -2.75. The maximum atomic E-state index is 12.7. The Kier molecular flexibility index (Phi) is 7.80. The molecule has 0 saturated heterocycles. The van der Waals surface area contributed by atoms with Crippen LogP contribution in [-0.2, 0) is 14.3 Å². The molecule has 1 unspecified atom stereocenters. The van der Waals surface area contributed by atoms with Crippen molar-refractivity contribution in [1.29, 1.82) is 0 Å². The number of fused-ring (bicyclic) bond motifs is 3. The van der Waals surface area contributed by atoms with Crippen molar-refractivity contribution in [2.75, 3.05) is 19.7 Å². The Morgan fingerprint density at radius 2 is 1.62 bits per heavy atom. The molecular weight excluding hydrogens is 453 g/mol. The lowest BCUT2D eigenvalue weighted by Gasteiger charge is -2.25. The van der Waals surface area contributed by atoms with Gasteiger partial charge in [0.15, 0.2) is 0 Å². The molecule has 0 saturated carbocycles. The van der Waals surface area contributed by atoms with Gasteiger partial charge < -0.3 is 20.1 Å². The van der Waals surface area contributed by atoms with Gasteiger partial charge >= 0.3 is 18.2 Å². The fraction of sp³-hybridized carbons (Fsp3) is 0.375. The summed E-state index contributed by atoms with van der Waals surface area (Å²) in [5, 5.41) is 11.3. The number of carbonyl (C=O) groups excluding carboxylic acids is 2. The summed E-state index contributed by atoms with van der Waals surface area (Å²) in [6.07, 6.45) is -5.79. The first-order chi connectivity index (χ1) is 16.1.